The zero-order valence-electron chi connectivity index (χ0n) is 23.2. The smallest absolute Gasteiger partial charge is 0.262 e. The molecule has 0 unspecified atom stereocenters. The molecule has 2 N–H and O–H groups in total. The lowest BCUT2D eigenvalue weighted by Crippen LogP contribution is -2.42. The van der Waals surface area contributed by atoms with Crippen LogP contribution >= 0.6 is 11.6 Å². The minimum absolute atomic E-state index is 0.0623. The molecule has 7 heteroatoms. The lowest BCUT2D eigenvalue weighted by atomic mass is 9.64. The predicted octanol–water partition coefficient (Wildman–Crippen LogP) is 6.64. The quantitative estimate of drug-likeness (QED) is 0.439. The molecule has 204 valence electrons. The summed E-state index contributed by atoms with van der Waals surface area (Å²) in [6, 6.07) is 12.9. The molecule has 39 heavy (non-hydrogen) atoms. The molecule has 0 radical (unpaired) electrons. The maximum Gasteiger partial charge on any atom is 0.262 e. The summed E-state index contributed by atoms with van der Waals surface area (Å²) in [4.78, 5) is 39.5. The van der Waals surface area contributed by atoms with Crippen LogP contribution in [0.25, 0.3) is 0 Å². The normalized spacial score (nSPS) is 20.3. The molecule has 0 atom stereocenters. The number of nitrogens with one attached hydrogen (secondary N) is 2. The molecule has 3 aliphatic rings. The number of rotatable bonds is 5. The fourth-order valence-electron chi connectivity index (χ4n) is 6.08. The first-order chi connectivity index (χ1) is 18.3. The Morgan fingerprint density at radius 2 is 1.54 bits per heavy atom. The number of halogens is 1. The van der Waals surface area contributed by atoms with E-state index >= 15 is 0 Å². The Hall–Kier alpha value is -3.38. The molecule has 0 bridgehead atoms. The van der Waals surface area contributed by atoms with Crippen molar-refractivity contribution in [3.8, 4) is 5.75 Å². The number of para-hydroxylation sites is 1. The third-order valence-corrected chi connectivity index (χ3v) is 8.08. The van der Waals surface area contributed by atoms with Gasteiger partial charge >= 0.3 is 0 Å². The first-order valence-corrected chi connectivity index (χ1v) is 13.8. The fraction of sp³-hybridized carbons (Fsp3) is 0.406. The number of ketones is 2. The van der Waals surface area contributed by atoms with E-state index in [0.717, 1.165) is 41.1 Å². The molecular weight excluding hydrogens is 512 g/mol. The van der Waals surface area contributed by atoms with Crippen LogP contribution in [0.1, 0.15) is 70.4 Å². The minimum atomic E-state index is -0.473. The Bertz CT molecular complexity index is 1400. The Kier molecular flexibility index (Phi) is 6.96. The minimum Gasteiger partial charge on any atom is -0.482 e. The fourth-order valence-corrected chi connectivity index (χ4v) is 6.32. The van der Waals surface area contributed by atoms with Gasteiger partial charge in [0.05, 0.1) is 5.02 Å². The molecule has 2 aliphatic carbocycles. The number of Topliss-reactive ketones (excluding diaryl/α,β-unsaturated/α-hetero) is 2. The van der Waals surface area contributed by atoms with Gasteiger partial charge < -0.3 is 15.4 Å². The van der Waals surface area contributed by atoms with Crippen LogP contribution < -0.4 is 15.4 Å². The van der Waals surface area contributed by atoms with Gasteiger partial charge in [-0.25, -0.2) is 0 Å². The van der Waals surface area contributed by atoms with Crippen molar-refractivity contribution in [1.29, 1.82) is 0 Å². The predicted molar refractivity (Wildman–Crippen MR) is 153 cm³/mol. The lowest BCUT2D eigenvalue weighted by molar-refractivity contribution is -0.119. The number of carbonyl (C=O) groups excluding carboxylic acids is 3. The highest BCUT2D eigenvalue weighted by atomic mass is 35.5. The summed E-state index contributed by atoms with van der Waals surface area (Å²) in [6.07, 6.45) is 2.33. The van der Waals surface area contributed by atoms with Gasteiger partial charge in [0.1, 0.15) is 5.75 Å². The number of carbonyl (C=O) groups is 3. The lowest BCUT2D eigenvalue weighted by Gasteiger charge is -2.44. The maximum absolute atomic E-state index is 13.5. The molecule has 5 rings (SSSR count). The Morgan fingerprint density at radius 1 is 0.949 bits per heavy atom. The summed E-state index contributed by atoms with van der Waals surface area (Å²) in [5, 5.41) is 6.70. The molecule has 0 saturated heterocycles. The maximum atomic E-state index is 13.5. The third kappa shape index (κ3) is 5.53. The SMILES string of the molecule is Cc1ccccc1NC(=O)COc1ccc(C2C3=C(CC(C)(C)CC3=O)NC3=C2C(=O)CC(C)(C)C3)cc1Cl. The Balaban J connectivity index is 1.44. The molecule has 1 heterocycles. The second kappa shape index (κ2) is 9.98. The van der Waals surface area contributed by atoms with Crippen LogP contribution in [0, 0.1) is 17.8 Å². The molecule has 0 fully saturated rings. The van der Waals surface area contributed by atoms with Gasteiger partial charge in [-0.15, -0.1) is 0 Å². The van der Waals surface area contributed by atoms with Crippen LogP contribution in [-0.4, -0.2) is 24.1 Å². The van der Waals surface area contributed by atoms with Crippen LogP contribution in [0.3, 0.4) is 0 Å². The summed E-state index contributed by atoms with van der Waals surface area (Å²) in [5.74, 6) is -0.276. The van der Waals surface area contributed by atoms with Crippen molar-refractivity contribution in [2.24, 2.45) is 10.8 Å². The van der Waals surface area contributed by atoms with Crippen molar-refractivity contribution < 1.29 is 19.1 Å². The number of allylic oxidation sites excluding steroid dienone is 4. The monoisotopic (exact) mass is 546 g/mol. The number of benzene rings is 2. The number of anilines is 1. The zero-order valence-corrected chi connectivity index (χ0v) is 23.9. The highest BCUT2D eigenvalue weighted by molar-refractivity contribution is 6.32. The van der Waals surface area contributed by atoms with Gasteiger partial charge in [0, 0.05) is 47.0 Å². The van der Waals surface area contributed by atoms with Crippen LogP contribution in [0.15, 0.2) is 65.0 Å². The van der Waals surface area contributed by atoms with Crippen LogP contribution in [0.2, 0.25) is 5.02 Å². The van der Waals surface area contributed by atoms with Crippen LogP contribution in [-0.2, 0) is 14.4 Å². The van der Waals surface area contributed by atoms with Gasteiger partial charge in [0.15, 0.2) is 18.2 Å². The summed E-state index contributed by atoms with van der Waals surface area (Å²) >= 11 is 6.66. The highest BCUT2D eigenvalue weighted by Crippen LogP contribution is 2.51. The van der Waals surface area contributed by atoms with E-state index in [1.807, 2.05) is 37.3 Å². The Labute approximate surface area is 234 Å². The van der Waals surface area contributed by atoms with E-state index in [9.17, 15) is 14.4 Å². The van der Waals surface area contributed by atoms with Gasteiger partial charge in [-0.2, -0.15) is 0 Å². The summed E-state index contributed by atoms with van der Waals surface area (Å²) in [6.45, 7) is 10.1. The standard InChI is InChI=1S/C32H35ClN2O4/c1-18-8-6-7-9-21(18)35-27(38)17-39-26-11-10-19(12-20(26)33)28-29-22(13-31(2,3)15-24(29)36)34-23-14-32(4,5)16-25(37)30(23)28/h6-12,28,34H,13-17H2,1-5H3,(H,35,38). The number of hydrogen-bond donors (Lipinski definition) is 2. The summed E-state index contributed by atoms with van der Waals surface area (Å²) in [7, 11) is 0. The first kappa shape index (κ1) is 27.2. The second-order valence-electron chi connectivity index (χ2n) is 12.6. The highest BCUT2D eigenvalue weighted by Gasteiger charge is 2.46. The van der Waals surface area contributed by atoms with Gasteiger partial charge in [-0.05, 0) is 59.9 Å². The molecule has 1 amide bonds. The van der Waals surface area contributed by atoms with E-state index in [2.05, 4.69) is 38.3 Å². The Morgan fingerprint density at radius 3 is 2.10 bits per heavy atom. The molecule has 0 spiro atoms. The molecule has 0 saturated carbocycles. The van der Waals surface area contributed by atoms with E-state index in [1.54, 1.807) is 12.1 Å². The number of aryl methyl sites for hydroxylation is 1. The molecule has 2 aromatic carbocycles. The summed E-state index contributed by atoms with van der Waals surface area (Å²) < 4.78 is 5.75. The average molecular weight is 547 g/mol. The molecule has 6 nitrogen and oxygen atoms in total. The number of ether oxygens (including phenoxy) is 1. The van der Waals surface area contributed by atoms with Crippen molar-refractivity contribution in [2.75, 3.05) is 11.9 Å². The van der Waals surface area contributed by atoms with Crippen molar-refractivity contribution in [3.05, 3.63) is 81.2 Å². The van der Waals surface area contributed by atoms with Crippen molar-refractivity contribution in [1.82, 2.24) is 5.32 Å². The van der Waals surface area contributed by atoms with E-state index in [1.165, 1.54) is 0 Å². The molecule has 0 aromatic heterocycles. The second-order valence-corrected chi connectivity index (χ2v) is 13.0. The van der Waals surface area contributed by atoms with Crippen molar-refractivity contribution in [2.45, 2.75) is 66.2 Å². The largest absolute Gasteiger partial charge is 0.482 e. The number of dihydropyridines is 1. The first-order valence-electron chi connectivity index (χ1n) is 13.4. The average Bonchev–Trinajstić information content (AvgIpc) is 2.82. The van der Waals surface area contributed by atoms with Crippen LogP contribution in [0.4, 0.5) is 5.69 Å². The van der Waals surface area contributed by atoms with E-state index in [-0.39, 0.29) is 34.9 Å². The summed E-state index contributed by atoms with van der Waals surface area (Å²) in [5.41, 5.74) is 5.31. The number of amides is 1. The van der Waals surface area contributed by atoms with Crippen molar-refractivity contribution in [3.63, 3.8) is 0 Å². The van der Waals surface area contributed by atoms with Gasteiger partial charge in [0.25, 0.3) is 5.91 Å². The van der Waals surface area contributed by atoms with Crippen LogP contribution in [0.5, 0.6) is 5.75 Å². The third-order valence-electron chi connectivity index (χ3n) is 7.79. The van der Waals surface area contributed by atoms with E-state index in [4.69, 9.17) is 16.3 Å². The number of hydrogen-bond acceptors (Lipinski definition) is 5. The van der Waals surface area contributed by atoms with Gasteiger partial charge in [-0.1, -0.05) is 63.6 Å². The van der Waals surface area contributed by atoms with E-state index in [0.29, 0.717) is 34.8 Å². The molecular formula is C32H35ClN2O4. The topological polar surface area (TPSA) is 84.5 Å². The van der Waals surface area contributed by atoms with Gasteiger partial charge in [-0.3, -0.25) is 14.4 Å². The zero-order chi connectivity index (χ0) is 28.1. The molecule has 2 aromatic rings. The van der Waals surface area contributed by atoms with E-state index < -0.39 is 5.92 Å². The molecule has 1 aliphatic heterocycles. The van der Waals surface area contributed by atoms with Crippen molar-refractivity contribution >= 4 is 34.8 Å². The van der Waals surface area contributed by atoms with Gasteiger partial charge in [0.2, 0.25) is 0 Å².